The van der Waals surface area contributed by atoms with Crippen LogP contribution in [0.15, 0.2) is 47.1 Å². The van der Waals surface area contributed by atoms with Crippen molar-refractivity contribution in [3.05, 3.63) is 59.1 Å². The second-order valence-electron chi connectivity index (χ2n) is 5.87. The number of fused-ring (bicyclic) bond motifs is 1. The number of benzene rings is 2. The monoisotopic (exact) mass is 391 g/mol. The molecule has 0 bridgehead atoms. The number of carbonyl (C=O) groups is 2. The fourth-order valence-corrected chi connectivity index (χ4v) is 2.65. The number of phenolic OH excluding ortho intramolecular Hbond substituents is 1. The minimum Gasteiger partial charge on any atom is -0.508 e. The van der Waals surface area contributed by atoms with Crippen LogP contribution >= 0.6 is 11.6 Å². The van der Waals surface area contributed by atoms with Crippen molar-refractivity contribution < 1.29 is 28.2 Å². The maximum Gasteiger partial charge on any atom is 0.311 e. The first-order valence-corrected chi connectivity index (χ1v) is 8.36. The molecular formula is C19H15ClFNO5. The van der Waals surface area contributed by atoms with Crippen molar-refractivity contribution in [1.82, 2.24) is 0 Å². The Kier molecular flexibility index (Phi) is 5.32. The molecule has 1 aromatic heterocycles. The van der Waals surface area contributed by atoms with Gasteiger partial charge in [-0.05, 0) is 37.3 Å². The Balaban J connectivity index is 1.60. The van der Waals surface area contributed by atoms with Crippen LogP contribution in [0.4, 0.5) is 10.1 Å². The van der Waals surface area contributed by atoms with Crippen LogP contribution in [-0.4, -0.2) is 23.1 Å². The highest BCUT2D eigenvalue weighted by Gasteiger charge is 2.20. The van der Waals surface area contributed by atoms with E-state index in [2.05, 4.69) is 5.32 Å². The van der Waals surface area contributed by atoms with E-state index in [1.807, 2.05) is 0 Å². The standard InChI is InChI=1S/C19H15ClFNO5/c1-10(19(25)22-12-2-5-16(21)15(20)7-12)27-18(24)6-11-9-26-17-8-13(23)3-4-14(11)17/h2-5,7-10,23H,6H2,1H3,(H,22,25)/t10-/m1/s1. The van der Waals surface area contributed by atoms with E-state index < -0.39 is 23.8 Å². The zero-order valence-electron chi connectivity index (χ0n) is 14.2. The minimum atomic E-state index is -1.07. The van der Waals surface area contributed by atoms with Gasteiger partial charge in [-0.2, -0.15) is 0 Å². The molecule has 27 heavy (non-hydrogen) atoms. The molecule has 0 aliphatic carbocycles. The maximum atomic E-state index is 13.1. The molecule has 2 aromatic carbocycles. The highest BCUT2D eigenvalue weighted by molar-refractivity contribution is 6.31. The lowest BCUT2D eigenvalue weighted by Gasteiger charge is -2.13. The fourth-order valence-electron chi connectivity index (χ4n) is 2.47. The van der Waals surface area contributed by atoms with E-state index >= 15 is 0 Å². The van der Waals surface area contributed by atoms with E-state index in [9.17, 15) is 19.1 Å². The van der Waals surface area contributed by atoms with Gasteiger partial charge >= 0.3 is 5.97 Å². The molecule has 0 spiro atoms. The second kappa shape index (κ2) is 7.67. The summed E-state index contributed by atoms with van der Waals surface area (Å²) in [4.78, 5) is 24.2. The van der Waals surface area contributed by atoms with E-state index in [0.717, 1.165) is 6.07 Å². The summed E-state index contributed by atoms with van der Waals surface area (Å²) in [5.41, 5.74) is 1.31. The van der Waals surface area contributed by atoms with Gasteiger partial charge in [0.1, 0.15) is 17.1 Å². The number of ether oxygens (including phenoxy) is 1. The zero-order valence-corrected chi connectivity index (χ0v) is 14.9. The summed E-state index contributed by atoms with van der Waals surface area (Å²) in [5.74, 6) is -1.74. The maximum absolute atomic E-state index is 13.1. The van der Waals surface area contributed by atoms with Gasteiger partial charge in [0.05, 0.1) is 17.7 Å². The van der Waals surface area contributed by atoms with Crippen LogP contribution in [0.3, 0.4) is 0 Å². The van der Waals surface area contributed by atoms with Crippen LogP contribution in [0.5, 0.6) is 5.75 Å². The number of nitrogens with one attached hydrogen (secondary N) is 1. The van der Waals surface area contributed by atoms with Crippen LogP contribution < -0.4 is 5.32 Å². The molecule has 0 saturated heterocycles. The summed E-state index contributed by atoms with van der Waals surface area (Å²) in [6.45, 7) is 1.42. The summed E-state index contributed by atoms with van der Waals surface area (Å²) in [6, 6.07) is 8.28. The number of amides is 1. The first-order valence-electron chi connectivity index (χ1n) is 7.98. The summed E-state index contributed by atoms with van der Waals surface area (Å²) < 4.78 is 23.6. The van der Waals surface area contributed by atoms with Crippen molar-refractivity contribution in [2.45, 2.75) is 19.4 Å². The number of phenols is 1. The molecule has 0 unspecified atom stereocenters. The van der Waals surface area contributed by atoms with Crippen LogP contribution in [0, 0.1) is 5.82 Å². The van der Waals surface area contributed by atoms with Gasteiger partial charge in [-0.3, -0.25) is 9.59 Å². The van der Waals surface area contributed by atoms with Gasteiger partial charge in [0, 0.05) is 22.7 Å². The lowest BCUT2D eigenvalue weighted by atomic mass is 10.1. The van der Waals surface area contributed by atoms with Gasteiger partial charge in [-0.25, -0.2) is 4.39 Å². The molecule has 2 N–H and O–H groups in total. The van der Waals surface area contributed by atoms with Crippen LogP contribution in [-0.2, 0) is 20.7 Å². The predicted molar refractivity (Wildman–Crippen MR) is 97.2 cm³/mol. The molecule has 3 rings (SSSR count). The normalized spacial score (nSPS) is 12.0. The topological polar surface area (TPSA) is 88.8 Å². The summed E-state index contributed by atoms with van der Waals surface area (Å²) in [7, 11) is 0. The van der Waals surface area contributed by atoms with Gasteiger partial charge in [0.25, 0.3) is 5.91 Å². The summed E-state index contributed by atoms with van der Waals surface area (Å²) in [6.07, 6.45) is 0.234. The summed E-state index contributed by atoms with van der Waals surface area (Å²) >= 11 is 5.66. The van der Waals surface area contributed by atoms with Gasteiger partial charge in [0.15, 0.2) is 6.10 Å². The van der Waals surface area contributed by atoms with Crippen molar-refractivity contribution in [2.75, 3.05) is 5.32 Å². The Labute approximate surface area is 158 Å². The molecule has 0 fully saturated rings. The van der Waals surface area contributed by atoms with E-state index in [1.54, 1.807) is 6.07 Å². The van der Waals surface area contributed by atoms with Gasteiger partial charge in [-0.15, -0.1) is 0 Å². The molecule has 0 radical (unpaired) electrons. The Morgan fingerprint density at radius 2 is 2.07 bits per heavy atom. The van der Waals surface area contributed by atoms with Crippen molar-refractivity contribution in [1.29, 1.82) is 0 Å². The molecule has 0 saturated carbocycles. The minimum absolute atomic E-state index is 0.0529. The molecule has 0 aliphatic heterocycles. The fraction of sp³-hybridized carbons (Fsp3) is 0.158. The molecule has 8 heteroatoms. The average molecular weight is 392 g/mol. The molecule has 1 atom stereocenters. The van der Waals surface area contributed by atoms with E-state index in [-0.39, 0.29) is 22.9 Å². The van der Waals surface area contributed by atoms with E-state index in [4.69, 9.17) is 20.8 Å². The number of anilines is 1. The Morgan fingerprint density at radius 3 is 2.81 bits per heavy atom. The summed E-state index contributed by atoms with van der Waals surface area (Å²) in [5, 5.41) is 12.5. The molecule has 3 aromatic rings. The van der Waals surface area contributed by atoms with Crippen LogP contribution in [0.2, 0.25) is 5.02 Å². The Bertz CT molecular complexity index is 1020. The highest BCUT2D eigenvalue weighted by Crippen LogP contribution is 2.25. The van der Waals surface area contributed by atoms with E-state index in [1.165, 1.54) is 37.5 Å². The first-order chi connectivity index (χ1) is 12.8. The number of hydrogen-bond acceptors (Lipinski definition) is 5. The van der Waals surface area contributed by atoms with Gasteiger partial charge in [0.2, 0.25) is 0 Å². The van der Waals surface area contributed by atoms with Crippen LogP contribution in [0.1, 0.15) is 12.5 Å². The van der Waals surface area contributed by atoms with Crippen molar-refractivity contribution in [3.63, 3.8) is 0 Å². The number of halogens is 2. The Hall–Kier alpha value is -3.06. The first kappa shape index (κ1) is 18.7. The lowest BCUT2D eigenvalue weighted by Crippen LogP contribution is -2.30. The zero-order chi connectivity index (χ0) is 19.6. The highest BCUT2D eigenvalue weighted by atomic mass is 35.5. The Morgan fingerprint density at radius 1 is 1.30 bits per heavy atom. The average Bonchev–Trinajstić information content (AvgIpc) is 2.99. The second-order valence-corrected chi connectivity index (χ2v) is 6.28. The smallest absolute Gasteiger partial charge is 0.311 e. The number of hydrogen-bond donors (Lipinski definition) is 2. The largest absolute Gasteiger partial charge is 0.508 e. The SMILES string of the molecule is C[C@@H](OC(=O)Cc1coc2cc(O)ccc12)C(=O)Nc1ccc(F)c(Cl)c1. The van der Waals surface area contributed by atoms with Crippen LogP contribution in [0.25, 0.3) is 11.0 Å². The number of rotatable bonds is 5. The quantitative estimate of drug-likeness (QED) is 0.641. The van der Waals surface area contributed by atoms with Crippen molar-refractivity contribution in [2.24, 2.45) is 0 Å². The number of furan rings is 1. The number of aromatic hydroxyl groups is 1. The molecule has 6 nitrogen and oxygen atoms in total. The molecule has 0 aliphatic rings. The number of carbonyl (C=O) groups excluding carboxylic acids is 2. The lowest BCUT2D eigenvalue weighted by molar-refractivity contribution is -0.152. The van der Waals surface area contributed by atoms with Crippen molar-refractivity contribution in [3.8, 4) is 5.75 Å². The molecule has 140 valence electrons. The third-order valence-electron chi connectivity index (χ3n) is 3.84. The predicted octanol–water partition coefficient (Wildman–Crippen LogP) is 4.04. The third-order valence-corrected chi connectivity index (χ3v) is 4.13. The van der Waals surface area contributed by atoms with Crippen molar-refractivity contribution >= 4 is 40.1 Å². The van der Waals surface area contributed by atoms with E-state index in [0.29, 0.717) is 16.5 Å². The van der Waals surface area contributed by atoms with Gasteiger partial charge in [-0.1, -0.05) is 11.6 Å². The molecule has 1 amide bonds. The third kappa shape index (κ3) is 4.38. The number of esters is 1. The van der Waals surface area contributed by atoms with Gasteiger partial charge < -0.3 is 19.6 Å². The molecule has 1 heterocycles. The molecular weight excluding hydrogens is 377 g/mol.